The summed E-state index contributed by atoms with van der Waals surface area (Å²) < 4.78 is 27.8. The van der Waals surface area contributed by atoms with E-state index in [0.717, 1.165) is 31.2 Å². The lowest BCUT2D eigenvalue weighted by atomic mass is 9.92. The third kappa shape index (κ3) is 5.05. The molecule has 1 aliphatic heterocycles. The van der Waals surface area contributed by atoms with Gasteiger partial charge in [0.25, 0.3) is 0 Å². The summed E-state index contributed by atoms with van der Waals surface area (Å²) in [5.74, 6) is 0.605. The average molecular weight is 486 g/mol. The SMILES string of the molecule is Cc1nc(C)c(C#N)c(SCC(=O)N2CCN(S(=O)(=O)c3ccc4c(c3)CCCC4)CC2)n1. The number of hydrogen-bond acceptors (Lipinski definition) is 7. The number of hydrogen-bond donors (Lipinski definition) is 0. The highest BCUT2D eigenvalue weighted by Gasteiger charge is 2.31. The van der Waals surface area contributed by atoms with Crippen molar-refractivity contribution in [3.8, 4) is 6.07 Å². The quantitative estimate of drug-likeness (QED) is 0.473. The Balaban J connectivity index is 1.37. The van der Waals surface area contributed by atoms with E-state index in [1.807, 2.05) is 12.1 Å². The van der Waals surface area contributed by atoms with Crippen LogP contribution in [-0.4, -0.2) is 65.4 Å². The standard InChI is InChI=1S/C23H27N5O3S2/c1-16-21(14-24)23(26-17(2)25-16)32-15-22(29)27-9-11-28(12-10-27)33(30,31)20-8-7-18-5-3-4-6-19(18)13-20/h7-8,13H,3-6,9-12,15H2,1-2H3. The van der Waals surface area contributed by atoms with Crippen LogP contribution in [0.3, 0.4) is 0 Å². The number of fused-ring (bicyclic) bond motifs is 1. The molecule has 0 spiro atoms. The maximum absolute atomic E-state index is 13.2. The molecule has 4 rings (SSSR count). The highest BCUT2D eigenvalue weighted by Crippen LogP contribution is 2.27. The maximum atomic E-state index is 13.2. The van der Waals surface area contributed by atoms with Crippen molar-refractivity contribution in [3.05, 3.63) is 46.4 Å². The number of rotatable bonds is 5. The van der Waals surface area contributed by atoms with Crippen molar-refractivity contribution in [1.29, 1.82) is 5.26 Å². The van der Waals surface area contributed by atoms with Crippen LogP contribution in [-0.2, 0) is 27.7 Å². The van der Waals surface area contributed by atoms with E-state index in [-0.39, 0.29) is 24.7 Å². The number of benzene rings is 1. The summed E-state index contributed by atoms with van der Waals surface area (Å²) in [5.41, 5.74) is 3.38. The fourth-order valence-electron chi connectivity index (χ4n) is 4.33. The van der Waals surface area contributed by atoms with Gasteiger partial charge in [-0.2, -0.15) is 9.57 Å². The second-order valence-electron chi connectivity index (χ2n) is 8.36. The van der Waals surface area contributed by atoms with Crippen LogP contribution >= 0.6 is 11.8 Å². The number of aromatic nitrogens is 2. The van der Waals surface area contributed by atoms with Gasteiger partial charge in [-0.1, -0.05) is 17.8 Å². The zero-order valence-electron chi connectivity index (χ0n) is 18.9. The van der Waals surface area contributed by atoms with Gasteiger partial charge in [0.1, 0.15) is 22.5 Å². The van der Waals surface area contributed by atoms with Gasteiger partial charge >= 0.3 is 0 Å². The Hall–Kier alpha value is -2.48. The average Bonchev–Trinajstić information content (AvgIpc) is 2.82. The minimum Gasteiger partial charge on any atom is -0.339 e. The van der Waals surface area contributed by atoms with Crippen molar-refractivity contribution in [1.82, 2.24) is 19.2 Å². The van der Waals surface area contributed by atoms with Crippen LogP contribution in [0.1, 0.15) is 41.1 Å². The normalized spacial score (nSPS) is 16.8. The monoisotopic (exact) mass is 485 g/mol. The number of nitriles is 1. The molecule has 0 saturated carbocycles. The molecule has 1 amide bonds. The third-order valence-corrected chi connectivity index (χ3v) is 9.02. The summed E-state index contributed by atoms with van der Waals surface area (Å²) in [7, 11) is -3.58. The van der Waals surface area contributed by atoms with Crippen LogP contribution in [0, 0.1) is 25.2 Å². The number of amides is 1. The van der Waals surface area contributed by atoms with Crippen LogP contribution in [0.5, 0.6) is 0 Å². The molecule has 0 bridgehead atoms. The van der Waals surface area contributed by atoms with Gasteiger partial charge in [-0.05, 0) is 62.8 Å². The number of piperazine rings is 1. The molecule has 174 valence electrons. The van der Waals surface area contributed by atoms with Gasteiger partial charge in [0.05, 0.1) is 16.3 Å². The molecule has 10 heteroatoms. The highest BCUT2D eigenvalue weighted by molar-refractivity contribution is 8.00. The largest absolute Gasteiger partial charge is 0.339 e. The molecule has 2 heterocycles. The van der Waals surface area contributed by atoms with Crippen LogP contribution in [0.4, 0.5) is 0 Å². The molecule has 0 N–H and O–H groups in total. The summed E-state index contributed by atoms with van der Waals surface area (Å²) in [6.45, 7) is 4.73. The first kappa shape index (κ1) is 23.7. The van der Waals surface area contributed by atoms with E-state index in [0.29, 0.717) is 40.1 Å². The molecule has 1 aromatic carbocycles. The van der Waals surface area contributed by atoms with Gasteiger partial charge in [0, 0.05) is 26.2 Å². The number of thioether (sulfide) groups is 1. The Bertz CT molecular complexity index is 1220. The van der Waals surface area contributed by atoms with Gasteiger partial charge in [0.15, 0.2) is 0 Å². The van der Waals surface area contributed by atoms with Crippen molar-refractivity contribution >= 4 is 27.7 Å². The number of aryl methyl sites for hydroxylation is 4. The summed E-state index contributed by atoms with van der Waals surface area (Å²) in [6, 6.07) is 7.60. The Kier molecular flexibility index (Phi) is 7.02. The lowest BCUT2D eigenvalue weighted by Gasteiger charge is -2.34. The van der Waals surface area contributed by atoms with Gasteiger partial charge in [-0.15, -0.1) is 0 Å². The van der Waals surface area contributed by atoms with E-state index < -0.39 is 10.0 Å². The van der Waals surface area contributed by atoms with Crippen LogP contribution in [0.15, 0.2) is 28.1 Å². The first-order valence-corrected chi connectivity index (χ1v) is 13.5. The fraction of sp³-hybridized carbons (Fsp3) is 0.478. The molecule has 2 aromatic rings. The lowest BCUT2D eigenvalue weighted by molar-refractivity contribution is -0.129. The topological polar surface area (TPSA) is 107 Å². The number of carbonyl (C=O) groups excluding carboxylic acids is 1. The zero-order chi connectivity index (χ0) is 23.6. The van der Waals surface area contributed by atoms with Crippen molar-refractivity contribution in [2.75, 3.05) is 31.9 Å². The zero-order valence-corrected chi connectivity index (χ0v) is 20.5. The molecule has 1 aliphatic carbocycles. The first-order valence-electron chi connectivity index (χ1n) is 11.1. The third-order valence-electron chi connectivity index (χ3n) is 6.16. The minimum absolute atomic E-state index is 0.0939. The molecule has 1 saturated heterocycles. The minimum atomic E-state index is -3.58. The first-order chi connectivity index (χ1) is 15.8. The van der Waals surface area contributed by atoms with E-state index in [4.69, 9.17) is 0 Å². The summed E-state index contributed by atoms with van der Waals surface area (Å²) >= 11 is 1.22. The van der Waals surface area contributed by atoms with Crippen LogP contribution in [0.25, 0.3) is 0 Å². The second kappa shape index (κ2) is 9.79. The van der Waals surface area contributed by atoms with Crippen molar-refractivity contribution in [2.24, 2.45) is 0 Å². The predicted octanol–water partition coefficient (Wildman–Crippen LogP) is 2.47. The summed E-state index contributed by atoms with van der Waals surface area (Å²) in [6.07, 6.45) is 4.19. The molecule has 1 fully saturated rings. The summed E-state index contributed by atoms with van der Waals surface area (Å²) in [4.78, 5) is 23.3. The molecular formula is C23H27N5O3S2. The van der Waals surface area contributed by atoms with Gasteiger partial charge in [-0.25, -0.2) is 18.4 Å². The van der Waals surface area contributed by atoms with E-state index in [1.165, 1.54) is 21.6 Å². The van der Waals surface area contributed by atoms with E-state index in [9.17, 15) is 18.5 Å². The van der Waals surface area contributed by atoms with Crippen molar-refractivity contribution < 1.29 is 13.2 Å². The van der Waals surface area contributed by atoms with Gasteiger partial charge < -0.3 is 4.90 Å². The Morgan fingerprint density at radius 2 is 1.79 bits per heavy atom. The molecule has 8 nitrogen and oxygen atoms in total. The van der Waals surface area contributed by atoms with Crippen molar-refractivity contribution in [2.45, 2.75) is 49.5 Å². The Morgan fingerprint density at radius 1 is 1.09 bits per heavy atom. The Morgan fingerprint density at radius 3 is 2.48 bits per heavy atom. The molecular weight excluding hydrogens is 458 g/mol. The van der Waals surface area contributed by atoms with Crippen molar-refractivity contribution in [3.63, 3.8) is 0 Å². The number of sulfonamides is 1. The molecule has 0 atom stereocenters. The molecule has 2 aliphatic rings. The number of carbonyl (C=O) groups is 1. The van der Waals surface area contributed by atoms with E-state index in [1.54, 1.807) is 24.8 Å². The van der Waals surface area contributed by atoms with Gasteiger partial charge in [-0.3, -0.25) is 4.79 Å². The summed E-state index contributed by atoms with van der Waals surface area (Å²) in [5, 5.41) is 9.87. The molecule has 1 aromatic heterocycles. The van der Waals surface area contributed by atoms with E-state index >= 15 is 0 Å². The molecule has 0 radical (unpaired) electrons. The van der Waals surface area contributed by atoms with E-state index in [2.05, 4.69) is 16.0 Å². The lowest BCUT2D eigenvalue weighted by Crippen LogP contribution is -2.51. The van der Waals surface area contributed by atoms with Crippen LogP contribution in [0.2, 0.25) is 0 Å². The van der Waals surface area contributed by atoms with Gasteiger partial charge in [0.2, 0.25) is 15.9 Å². The van der Waals surface area contributed by atoms with Crippen LogP contribution < -0.4 is 0 Å². The molecule has 0 unspecified atom stereocenters. The molecule has 33 heavy (non-hydrogen) atoms. The smallest absolute Gasteiger partial charge is 0.243 e. The maximum Gasteiger partial charge on any atom is 0.243 e. The highest BCUT2D eigenvalue weighted by atomic mass is 32.2. The Labute approximate surface area is 199 Å². The predicted molar refractivity (Wildman–Crippen MR) is 125 cm³/mol. The fourth-order valence-corrected chi connectivity index (χ4v) is 6.78. The number of nitrogens with zero attached hydrogens (tertiary/aromatic N) is 5. The second-order valence-corrected chi connectivity index (χ2v) is 11.3.